The quantitative estimate of drug-likeness (QED) is 0.141. The van der Waals surface area contributed by atoms with Crippen molar-refractivity contribution in [1.29, 1.82) is 0 Å². The molecule has 0 N–H and O–H groups in total. The van der Waals surface area contributed by atoms with Gasteiger partial charge in [-0.25, -0.2) is 8.42 Å². The van der Waals surface area contributed by atoms with E-state index in [1.54, 1.807) is 0 Å². The smallest absolute Gasteiger partial charge is 0.142 e. The van der Waals surface area contributed by atoms with Crippen LogP contribution in [0, 0.1) is 0 Å². The molecule has 7 rings (SSSR count). The van der Waals surface area contributed by atoms with E-state index in [9.17, 15) is 0 Å². The summed E-state index contributed by atoms with van der Waals surface area (Å²) in [5.74, 6) is 0. The molecule has 2 saturated carbocycles. The Balaban J connectivity index is 0.000000175. The van der Waals surface area contributed by atoms with Crippen molar-refractivity contribution < 1.29 is 26.9 Å². The van der Waals surface area contributed by atoms with Gasteiger partial charge in [0.1, 0.15) is 24.7 Å². The lowest BCUT2D eigenvalue weighted by atomic mass is 9.94. The van der Waals surface area contributed by atoms with Gasteiger partial charge in [-0.3, -0.25) is 4.90 Å². The molecule has 7 nitrogen and oxygen atoms in total. The van der Waals surface area contributed by atoms with E-state index in [2.05, 4.69) is 59.5 Å². The molecule has 252 valence electrons. The summed E-state index contributed by atoms with van der Waals surface area (Å²) >= 11 is 6.50. The number of hydrogen-bond donors (Lipinski definition) is 0. The molecule has 0 aromatic heterocycles. The lowest BCUT2D eigenvalue weighted by molar-refractivity contribution is -0.814. The minimum atomic E-state index is -3.92. The van der Waals surface area contributed by atoms with Crippen molar-refractivity contribution in [2.45, 2.75) is 121 Å². The van der Waals surface area contributed by atoms with Crippen LogP contribution in [-0.2, 0) is 32.8 Å². The Kier molecular flexibility index (Phi) is 13.8. The maximum absolute atomic E-state index is 9.08. The van der Waals surface area contributed by atoms with E-state index in [-0.39, 0.29) is 7.43 Å². The first-order valence-corrected chi connectivity index (χ1v) is 18.9. The van der Waals surface area contributed by atoms with Crippen LogP contribution in [0.1, 0.15) is 82.8 Å². The lowest BCUT2D eigenvalue weighted by Gasteiger charge is -2.34. The molecule has 2 aromatic rings. The van der Waals surface area contributed by atoms with Crippen LogP contribution < -0.4 is 0 Å². The maximum atomic E-state index is 9.08. The Labute approximate surface area is 277 Å². The third-order valence-corrected chi connectivity index (χ3v) is 10.8. The van der Waals surface area contributed by atoms with E-state index in [0.717, 1.165) is 44.8 Å². The van der Waals surface area contributed by atoms with Gasteiger partial charge < -0.3 is 18.5 Å². The number of hydrogen-bond acceptors (Lipinski definition) is 6. The summed E-state index contributed by atoms with van der Waals surface area (Å²) < 4.78 is 40.9. The minimum Gasteiger partial charge on any atom is -0.748 e. The molecule has 9 heteroatoms. The SMILES string of the molecule is C.CS(=O)(=O)[O-].ClC1CCCCC1N1CC[C@@H](OCc2ccccc2)C1.c1ccc(CO[C@@H]2CC[N+]3(C2)C2CCCCC23)cc1. The largest absolute Gasteiger partial charge is 0.748 e. The van der Waals surface area contributed by atoms with Crippen LogP contribution in [0.4, 0.5) is 0 Å². The Morgan fingerprint density at radius 3 is 1.87 bits per heavy atom. The molecule has 0 radical (unpaired) electrons. The summed E-state index contributed by atoms with van der Waals surface area (Å²) in [6.45, 7) is 6.40. The first-order valence-electron chi connectivity index (χ1n) is 16.7. The number of rotatable bonds is 7. The molecule has 3 heterocycles. The molecule has 2 aromatic carbocycles. The van der Waals surface area contributed by atoms with Gasteiger partial charge in [-0.1, -0.05) is 80.9 Å². The van der Waals surface area contributed by atoms with Crippen LogP contribution in [0.5, 0.6) is 0 Å². The second-order valence-electron chi connectivity index (χ2n) is 13.4. The number of benzene rings is 2. The van der Waals surface area contributed by atoms with Crippen LogP contribution in [0.25, 0.3) is 0 Å². The van der Waals surface area contributed by atoms with Crippen LogP contribution in [-0.4, -0.2) is 90.5 Å². The molecule has 6 atom stereocenters. The van der Waals surface area contributed by atoms with Gasteiger partial charge in [0.25, 0.3) is 0 Å². The van der Waals surface area contributed by atoms with Gasteiger partial charge in [-0.2, -0.15) is 0 Å². The molecule has 3 saturated heterocycles. The average molecular weight is 663 g/mol. The third kappa shape index (κ3) is 10.7. The number of nitrogens with zero attached hydrogens (tertiary/aromatic N) is 2. The molecular formula is C36H55ClN2O5S. The van der Waals surface area contributed by atoms with Gasteiger partial charge in [0, 0.05) is 50.0 Å². The number of ether oxygens (including phenoxy) is 2. The summed E-state index contributed by atoms with van der Waals surface area (Å²) in [7, 11) is -3.92. The van der Waals surface area contributed by atoms with Crippen molar-refractivity contribution in [2.24, 2.45) is 0 Å². The van der Waals surface area contributed by atoms with Crippen molar-refractivity contribution >= 4 is 21.7 Å². The van der Waals surface area contributed by atoms with E-state index in [4.69, 9.17) is 34.0 Å². The number of likely N-dealkylation sites (tertiary alicyclic amines) is 1. The maximum Gasteiger partial charge on any atom is 0.142 e. The molecule has 3 aliphatic heterocycles. The van der Waals surface area contributed by atoms with Gasteiger partial charge in [0.05, 0.1) is 36.0 Å². The van der Waals surface area contributed by atoms with Gasteiger partial charge in [0.2, 0.25) is 0 Å². The highest BCUT2D eigenvalue weighted by Gasteiger charge is 2.68. The highest BCUT2D eigenvalue weighted by Crippen LogP contribution is 2.52. The van der Waals surface area contributed by atoms with Crippen molar-refractivity contribution in [3.63, 3.8) is 0 Å². The molecule has 0 bridgehead atoms. The summed E-state index contributed by atoms with van der Waals surface area (Å²) in [5.41, 5.74) is 2.57. The molecule has 2 aliphatic carbocycles. The highest BCUT2D eigenvalue weighted by atomic mass is 35.5. The molecule has 4 unspecified atom stereocenters. The van der Waals surface area contributed by atoms with Crippen LogP contribution in [0.15, 0.2) is 60.7 Å². The summed E-state index contributed by atoms with van der Waals surface area (Å²) in [5, 5.41) is 0.344. The van der Waals surface area contributed by atoms with Crippen LogP contribution >= 0.6 is 11.6 Å². The number of alkyl halides is 1. The molecule has 45 heavy (non-hydrogen) atoms. The summed E-state index contributed by atoms with van der Waals surface area (Å²) in [4.78, 5) is 2.56. The topological polar surface area (TPSA) is 78.9 Å². The van der Waals surface area contributed by atoms with Crippen molar-refractivity contribution in [2.75, 3.05) is 32.4 Å². The Morgan fingerprint density at radius 2 is 1.31 bits per heavy atom. The zero-order valence-corrected chi connectivity index (χ0v) is 27.8. The summed E-state index contributed by atoms with van der Waals surface area (Å²) in [6, 6.07) is 23.6. The van der Waals surface area contributed by atoms with Gasteiger partial charge in [-0.05, 0) is 43.2 Å². The van der Waals surface area contributed by atoms with Crippen LogP contribution in [0.3, 0.4) is 0 Å². The van der Waals surface area contributed by atoms with E-state index >= 15 is 0 Å². The van der Waals surface area contributed by atoms with Gasteiger partial charge in [0.15, 0.2) is 0 Å². The monoisotopic (exact) mass is 662 g/mol. The molecule has 1 spiro atoms. The number of halogens is 1. The van der Waals surface area contributed by atoms with Crippen molar-refractivity contribution in [3.05, 3.63) is 71.8 Å². The first-order chi connectivity index (χ1) is 21.2. The Morgan fingerprint density at radius 1 is 0.800 bits per heavy atom. The number of fused-ring (bicyclic) bond motifs is 3. The van der Waals surface area contributed by atoms with Gasteiger partial charge in [-0.15, -0.1) is 11.6 Å². The summed E-state index contributed by atoms with van der Waals surface area (Å²) in [6.07, 6.45) is 14.9. The van der Waals surface area contributed by atoms with E-state index in [1.807, 2.05) is 6.07 Å². The first kappa shape index (κ1) is 36.3. The van der Waals surface area contributed by atoms with Gasteiger partial charge >= 0.3 is 0 Å². The molecule has 0 amide bonds. The third-order valence-electron chi connectivity index (χ3n) is 10.3. The fraction of sp³-hybridized carbons (Fsp3) is 0.667. The van der Waals surface area contributed by atoms with E-state index in [1.165, 1.54) is 86.5 Å². The highest BCUT2D eigenvalue weighted by molar-refractivity contribution is 7.84. The van der Waals surface area contributed by atoms with E-state index < -0.39 is 10.1 Å². The predicted octanol–water partition coefficient (Wildman–Crippen LogP) is 6.74. The predicted molar refractivity (Wildman–Crippen MR) is 181 cm³/mol. The average Bonchev–Trinajstić information content (AvgIpc) is 3.32. The zero-order valence-electron chi connectivity index (χ0n) is 26.3. The second kappa shape index (κ2) is 17.0. The number of quaternary nitrogens is 1. The zero-order chi connectivity index (χ0) is 31.0. The minimum absolute atomic E-state index is 0. The molecule has 5 fully saturated rings. The molecule has 5 aliphatic rings. The lowest BCUT2D eigenvalue weighted by Crippen LogP contribution is -2.42. The second-order valence-corrected chi connectivity index (χ2v) is 15.4. The van der Waals surface area contributed by atoms with Crippen LogP contribution in [0.2, 0.25) is 0 Å². The Bertz CT molecular complexity index is 1230. The standard InChI is InChI=1S/C17H24ClNO.C17H24NO.CH4O3S.CH4/c18-16-8-4-5-9-17(16)19-11-10-15(12-19)20-13-14-6-2-1-3-7-14;1-2-6-14(7-3-1)13-19-15-10-11-18(12-15)16-8-4-5-9-17(16)18;1-5(2,3)4;/h1-3,6-7,15-17H,4-5,8-13H2;1-3,6-7,15-17H,4-5,8-13H2;1H3,(H,2,3,4);1H4/q;+1;;/p-1/t15-,16?,17?;15-,16?,17?,18?;;/m11../s1. The molecular weight excluding hydrogens is 608 g/mol. The fourth-order valence-electron chi connectivity index (χ4n) is 8.12. The van der Waals surface area contributed by atoms with Crippen molar-refractivity contribution in [3.8, 4) is 0 Å². The van der Waals surface area contributed by atoms with E-state index in [0.29, 0.717) is 29.9 Å². The normalized spacial score (nSPS) is 32.3. The fourth-order valence-corrected chi connectivity index (χ4v) is 8.56. The Hall–Kier alpha value is -1.52. The van der Waals surface area contributed by atoms with Crippen molar-refractivity contribution in [1.82, 2.24) is 4.90 Å².